The van der Waals surface area contributed by atoms with E-state index in [0.717, 1.165) is 50.1 Å². The van der Waals surface area contributed by atoms with E-state index in [0.29, 0.717) is 16.7 Å². The quantitative estimate of drug-likeness (QED) is 0.142. The fourth-order valence-corrected chi connectivity index (χ4v) is 9.12. The second-order valence-corrected chi connectivity index (χ2v) is 13.4. The van der Waals surface area contributed by atoms with Gasteiger partial charge in [0.2, 0.25) is 0 Å². The molecular weight excluding hydrogens is 605 g/mol. The van der Waals surface area contributed by atoms with Crippen LogP contribution in [0.25, 0.3) is 33.4 Å². The molecule has 3 aliphatic carbocycles. The Bertz CT molecular complexity index is 2280. The third-order valence-electron chi connectivity index (χ3n) is 9.98. The first-order valence-electron chi connectivity index (χ1n) is 14.9. The van der Waals surface area contributed by atoms with E-state index in [4.69, 9.17) is 4.18 Å². The molecule has 0 aliphatic heterocycles. The standard InChI is InChI=1S/C39H23F3O3S/c40-39(41,42)46(43,44)45-35-23-11-22-34-36(35)28-16-5-10-21-33(28)37-29-17-6-1-12-24(29)26-14-3-8-19-31(26)38(34,37)32-20-9-4-15-27(32)25-13-2-7-18-30(25)37/h1-23H. The summed E-state index contributed by atoms with van der Waals surface area (Å²) >= 11 is 0. The van der Waals surface area contributed by atoms with Gasteiger partial charge in [-0.3, -0.25) is 0 Å². The van der Waals surface area contributed by atoms with Crippen molar-refractivity contribution in [1.82, 2.24) is 0 Å². The van der Waals surface area contributed by atoms with Gasteiger partial charge in [0, 0.05) is 5.56 Å². The van der Waals surface area contributed by atoms with Crippen molar-refractivity contribution < 1.29 is 25.8 Å². The number of benzene rings is 6. The Hall–Kier alpha value is -5.14. The van der Waals surface area contributed by atoms with Crippen molar-refractivity contribution in [3.05, 3.63) is 173 Å². The van der Waals surface area contributed by atoms with Gasteiger partial charge in [-0.1, -0.05) is 133 Å². The lowest BCUT2D eigenvalue weighted by Gasteiger charge is -2.62. The summed E-state index contributed by atoms with van der Waals surface area (Å²) in [6.45, 7) is 0. The summed E-state index contributed by atoms with van der Waals surface area (Å²) in [7, 11) is -5.97. The first-order chi connectivity index (χ1) is 22.2. The molecule has 0 radical (unpaired) electrons. The van der Waals surface area contributed by atoms with Crippen LogP contribution in [-0.4, -0.2) is 13.9 Å². The number of fused-ring (bicyclic) bond motifs is 9. The van der Waals surface area contributed by atoms with Crippen LogP contribution in [-0.2, 0) is 20.9 Å². The predicted molar refractivity (Wildman–Crippen MR) is 171 cm³/mol. The van der Waals surface area contributed by atoms with Gasteiger partial charge in [-0.15, -0.1) is 0 Å². The van der Waals surface area contributed by atoms with Crippen LogP contribution in [0.1, 0.15) is 33.4 Å². The number of alkyl halides is 3. The van der Waals surface area contributed by atoms with Crippen molar-refractivity contribution in [2.45, 2.75) is 16.3 Å². The van der Waals surface area contributed by atoms with E-state index < -0.39 is 26.5 Å². The van der Waals surface area contributed by atoms with E-state index in [1.807, 2.05) is 78.9 Å². The summed E-state index contributed by atoms with van der Waals surface area (Å²) in [4.78, 5) is 0. The Morgan fingerprint density at radius 1 is 0.435 bits per heavy atom. The summed E-state index contributed by atoms with van der Waals surface area (Å²) in [6, 6.07) is 45.5. The minimum absolute atomic E-state index is 0.324. The van der Waals surface area contributed by atoms with Crippen LogP contribution in [0, 0.1) is 0 Å². The van der Waals surface area contributed by atoms with Gasteiger partial charge in [0.25, 0.3) is 0 Å². The highest BCUT2D eigenvalue weighted by Crippen LogP contribution is 2.73. The Labute approximate surface area is 263 Å². The van der Waals surface area contributed by atoms with E-state index in [-0.39, 0.29) is 5.75 Å². The van der Waals surface area contributed by atoms with Crippen molar-refractivity contribution in [3.8, 4) is 39.1 Å². The molecule has 0 saturated carbocycles. The first kappa shape index (κ1) is 27.2. The molecule has 0 atom stereocenters. The van der Waals surface area contributed by atoms with E-state index in [1.165, 1.54) is 6.07 Å². The Balaban J connectivity index is 1.57. The molecule has 0 fully saturated rings. The number of halogens is 3. The molecule has 46 heavy (non-hydrogen) atoms. The van der Waals surface area contributed by atoms with Crippen molar-refractivity contribution in [2.75, 3.05) is 0 Å². The van der Waals surface area contributed by atoms with E-state index in [2.05, 4.69) is 48.5 Å². The summed E-state index contributed by atoms with van der Waals surface area (Å²) < 4.78 is 71.5. The van der Waals surface area contributed by atoms with Crippen LogP contribution in [0.15, 0.2) is 140 Å². The molecule has 9 rings (SSSR count). The zero-order valence-corrected chi connectivity index (χ0v) is 24.9. The van der Waals surface area contributed by atoms with E-state index >= 15 is 0 Å². The highest BCUT2D eigenvalue weighted by molar-refractivity contribution is 7.88. The Morgan fingerprint density at radius 2 is 0.761 bits per heavy atom. The maximum absolute atomic E-state index is 13.8. The molecule has 3 nitrogen and oxygen atoms in total. The van der Waals surface area contributed by atoms with Crippen molar-refractivity contribution in [3.63, 3.8) is 0 Å². The van der Waals surface area contributed by atoms with Gasteiger partial charge < -0.3 is 4.18 Å². The maximum atomic E-state index is 13.8. The van der Waals surface area contributed by atoms with Gasteiger partial charge >= 0.3 is 15.6 Å². The molecule has 7 heteroatoms. The molecule has 0 aromatic heterocycles. The molecular formula is C39H23F3O3S. The molecule has 6 aromatic carbocycles. The Kier molecular flexibility index (Phi) is 5.31. The lowest BCUT2D eigenvalue weighted by molar-refractivity contribution is -0.0499. The van der Waals surface area contributed by atoms with Crippen LogP contribution in [0.5, 0.6) is 5.75 Å². The van der Waals surface area contributed by atoms with Crippen LogP contribution in [0.4, 0.5) is 13.2 Å². The minimum atomic E-state index is -5.97. The topological polar surface area (TPSA) is 43.4 Å². The van der Waals surface area contributed by atoms with Crippen LogP contribution in [0.3, 0.4) is 0 Å². The number of hydrogen-bond donors (Lipinski definition) is 0. The number of hydrogen-bond acceptors (Lipinski definition) is 3. The van der Waals surface area contributed by atoms with Gasteiger partial charge in [-0.05, 0) is 67.3 Å². The van der Waals surface area contributed by atoms with Crippen molar-refractivity contribution in [2.24, 2.45) is 0 Å². The molecule has 0 amide bonds. The van der Waals surface area contributed by atoms with E-state index in [9.17, 15) is 21.6 Å². The van der Waals surface area contributed by atoms with Crippen molar-refractivity contribution >= 4 is 10.1 Å². The van der Waals surface area contributed by atoms with Gasteiger partial charge in [0.05, 0.1) is 10.8 Å². The van der Waals surface area contributed by atoms with E-state index in [1.54, 1.807) is 6.07 Å². The van der Waals surface area contributed by atoms with Crippen LogP contribution >= 0.6 is 0 Å². The van der Waals surface area contributed by atoms with Crippen molar-refractivity contribution in [1.29, 1.82) is 0 Å². The highest BCUT2D eigenvalue weighted by atomic mass is 32.2. The lowest BCUT2D eigenvalue weighted by atomic mass is 9.38. The summed E-state index contributed by atoms with van der Waals surface area (Å²) in [5.41, 5.74) is 3.13. The first-order valence-corrected chi connectivity index (χ1v) is 16.3. The monoisotopic (exact) mass is 628 g/mol. The molecule has 0 heterocycles. The average molecular weight is 629 g/mol. The smallest absolute Gasteiger partial charge is 0.375 e. The lowest BCUT2D eigenvalue weighted by Crippen LogP contribution is -2.58. The van der Waals surface area contributed by atoms with Gasteiger partial charge in [-0.25, -0.2) is 0 Å². The molecule has 0 unspecified atom stereocenters. The molecule has 0 bridgehead atoms. The maximum Gasteiger partial charge on any atom is 0.534 e. The fourth-order valence-electron chi connectivity index (χ4n) is 8.65. The van der Waals surface area contributed by atoms with Gasteiger partial charge in [0.15, 0.2) is 5.75 Å². The largest absolute Gasteiger partial charge is 0.534 e. The third kappa shape index (κ3) is 3.06. The van der Waals surface area contributed by atoms with Crippen LogP contribution < -0.4 is 4.18 Å². The summed E-state index contributed by atoms with van der Waals surface area (Å²) in [6.07, 6.45) is 0. The zero-order valence-electron chi connectivity index (χ0n) is 24.0. The molecule has 224 valence electrons. The fraction of sp³-hybridized carbons (Fsp3) is 0.0769. The molecule has 0 saturated heterocycles. The molecule has 0 spiro atoms. The highest BCUT2D eigenvalue weighted by Gasteiger charge is 2.67. The molecule has 6 aromatic rings. The molecule has 3 aliphatic rings. The average Bonchev–Trinajstić information content (AvgIpc) is 3.07. The predicted octanol–water partition coefficient (Wildman–Crippen LogP) is 9.23. The minimum Gasteiger partial charge on any atom is -0.375 e. The zero-order chi connectivity index (χ0) is 31.5. The third-order valence-corrected chi connectivity index (χ3v) is 10.9. The second-order valence-electron chi connectivity index (χ2n) is 11.9. The normalized spacial score (nSPS) is 20.0. The summed E-state index contributed by atoms with van der Waals surface area (Å²) in [5, 5.41) is 0. The SMILES string of the molecule is O=S(=O)(Oc1cccc2c1-c1ccccc1C13c4ccccc4-c4ccccc4C21c1ccccc1-c1ccccc13)C(F)(F)F. The Morgan fingerprint density at radius 3 is 1.17 bits per heavy atom. The van der Waals surface area contributed by atoms with Gasteiger partial charge in [0.1, 0.15) is 0 Å². The number of rotatable bonds is 2. The van der Waals surface area contributed by atoms with Crippen LogP contribution in [0.2, 0.25) is 0 Å². The summed E-state index contributed by atoms with van der Waals surface area (Å²) in [5.74, 6) is -0.363. The van der Waals surface area contributed by atoms with Gasteiger partial charge in [-0.2, -0.15) is 21.6 Å². The second kappa shape index (κ2) is 8.98. The molecule has 0 N–H and O–H groups in total.